The Morgan fingerprint density at radius 3 is 2.47 bits per heavy atom. The van der Waals surface area contributed by atoms with Crippen molar-refractivity contribution in [3.8, 4) is 28.6 Å². The molecule has 2 rings (SSSR count). The molecule has 1 heterocycles. The zero-order valence-electron chi connectivity index (χ0n) is 11.0. The summed E-state index contributed by atoms with van der Waals surface area (Å²) in [5.74, 6) is 2.35. The third kappa shape index (κ3) is 2.45. The molecule has 0 aliphatic heterocycles. The number of benzene rings is 1. The van der Waals surface area contributed by atoms with Crippen molar-refractivity contribution in [3.63, 3.8) is 0 Å². The summed E-state index contributed by atoms with van der Waals surface area (Å²) in [5, 5.41) is 3.86. The van der Waals surface area contributed by atoms with Crippen molar-refractivity contribution in [2.75, 3.05) is 21.3 Å². The first-order chi connectivity index (χ1) is 9.23. The van der Waals surface area contributed by atoms with E-state index in [1.54, 1.807) is 26.4 Å². The Balaban J connectivity index is 2.59. The van der Waals surface area contributed by atoms with Gasteiger partial charge >= 0.3 is 0 Å². The van der Waals surface area contributed by atoms with Gasteiger partial charge < -0.3 is 24.5 Å². The Kier molecular flexibility index (Phi) is 3.86. The molecule has 102 valence electrons. The largest absolute Gasteiger partial charge is 0.497 e. The van der Waals surface area contributed by atoms with Gasteiger partial charge in [0.05, 0.1) is 33.4 Å². The minimum absolute atomic E-state index is 0.177. The summed E-state index contributed by atoms with van der Waals surface area (Å²) < 4.78 is 20.8. The Labute approximate surface area is 110 Å². The second-order valence-electron chi connectivity index (χ2n) is 3.63. The van der Waals surface area contributed by atoms with Crippen LogP contribution in [0.1, 0.15) is 5.89 Å². The van der Waals surface area contributed by atoms with Crippen LogP contribution in [0.25, 0.3) is 11.4 Å². The van der Waals surface area contributed by atoms with Gasteiger partial charge in [-0.3, -0.25) is 0 Å². The molecule has 0 atom stereocenters. The van der Waals surface area contributed by atoms with E-state index in [-0.39, 0.29) is 6.54 Å². The molecule has 1 aromatic carbocycles. The summed E-state index contributed by atoms with van der Waals surface area (Å²) in [7, 11) is 4.65. The van der Waals surface area contributed by atoms with Crippen molar-refractivity contribution in [2.24, 2.45) is 5.73 Å². The van der Waals surface area contributed by atoms with Gasteiger partial charge in [-0.25, -0.2) is 0 Å². The van der Waals surface area contributed by atoms with Crippen LogP contribution in [-0.4, -0.2) is 31.5 Å². The molecule has 0 aliphatic carbocycles. The van der Waals surface area contributed by atoms with Gasteiger partial charge in [0, 0.05) is 6.07 Å². The number of hydrogen-bond donors (Lipinski definition) is 1. The molecule has 19 heavy (non-hydrogen) atoms. The molecule has 2 N–H and O–H groups in total. The van der Waals surface area contributed by atoms with Gasteiger partial charge in [0.25, 0.3) is 0 Å². The van der Waals surface area contributed by atoms with E-state index in [0.717, 1.165) is 0 Å². The van der Waals surface area contributed by atoms with Crippen molar-refractivity contribution in [2.45, 2.75) is 6.54 Å². The van der Waals surface area contributed by atoms with E-state index in [2.05, 4.69) is 10.1 Å². The Morgan fingerprint density at radius 2 is 1.95 bits per heavy atom. The Hall–Kier alpha value is -2.28. The fourth-order valence-corrected chi connectivity index (χ4v) is 1.67. The number of nitrogens with two attached hydrogens (primary N) is 1. The summed E-state index contributed by atoms with van der Waals surface area (Å²) in [4.78, 5) is 4.16. The molecule has 0 unspecified atom stereocenters. The summed E-state index contributed by atoms with van der Waals surface area (Å²) in [5.41, 5.74) is 6.06. The zero-order chi connectivity index (χ0) is 13.8. The first kappa shape index (κ1) is 13.2. The Morgan fingerprint density at radius 1 is 1.16 bits per heavy atom. The van der Waals surface area contributed by atoms with E-state index in [4.69, 9.17) is 24.5 Å². The molecule has 0 saturated heterocycles. The quantitative estimate of drug-likeness (QED) is 0.868. The highest BCUT2D eigenvalue weighted by Gasteiger charge is 2.18. The molecule has 0 radical (unpaired) electrons. The fraction of sp³-hybridized carbons (Fsp3) is 0.333. The van der Waals surface area contributed by atoms with Crippen LogP contribution in [0, 0.1) is 0 Å². The predicted octanol–water partition coefficient (Wildman–Crippen LogP) is 1.22. The van der Waals surface area contributed by atoms with Crippen molar-refractivity contribution in [3.05, 3.63) is 18.0 Å². The lowest BCUT2D eigenvalue weighted by molar-refractivity contribution is 0.349. The molecule has 2 aromatic rings. The summed E-state index contributed by atoms with van der Waals surface area (Å²) >= 11 is 0. The smallest absolute Gasteiger partial charge is 0.240 e. The van der Waals surface area contributed by atoms with Crippen molar-refractivity contribution >= 4 is 0 Å². The molecular formula is C12H15N3O4. The molecule has 0 spiro atoms. The molecule has 0 saturated carbocycles. The van der Waals surface area contributed by atoms with Crippen molar-refractivity contribution in [1.29, 1.82) is 0 Å². The minimum Gasteiger partial charge on any atom is -0.497 e. The summed E-state index contributed by atoms with van der Waals surface area (Å²) in [6.45, 7) is 0.177. The van der Waals surface area contributed by atoms with Crippen LogP contribution in [0.3, 0.4) is 0 Å². The number of ether oxygens (including phenoxy) is 3. The maximum absolute atomic E-state index is 5.45. The van der Waals surface area contributed by atoms with E-state index in [1.165, 1.54) is 7.11 Å². The standard InChI is InChI=1S/C12H15N3O4/c1-16-7-4-8(11(18-3)9(5-7)17-2)12-14-10(6-13)19-15-12/h4-5H,6,13H2,1-3H3. The van der Waals surface area contributed by atoms with E-state index in [9.17, 15) is 0 Å². The zero-order valence-corrected chi connectivity index (χ0v) is 11.0. The van der Waals surface area contributed by atoms with Crippen LogP contribution >= 0.6 is 0 Å². The fourth-order valence-electron chi connectivity index (χ4n) is 1.67. The monoisotopic (exact) mass is 265 g/mol. The number of hydrogen-bond acceptors (Lipinski definition) is 7. The van der Waals surface area contributed by atoms with E-state index in [1.807, 2.05) is 0 Å². The highest BCUT2D eigenvalue weighted by molar-refractivity contribution is 5.71. The van der Waals surface area contributed by atoms with Crippen LogP contribution in [0.5, 0.6) is 17.2 Å². The number of nitrogens with zero attached hydrogens (tertiary/aromatic N) is 2. The normalized spacial score (nSPS) is 10.3. The summed E-state index contributed by atoms with van der Waals surface area (Å²) in [6.07, 6.45) is 0. The summed E-state index contributed by atoms with van der Waals surface area (Å²) in [6, 6.07) is 3.46. The van der Waals surface area contributed by atoms with Crippen LogP contribution in [-0.2, 0) is 6.54 Å². The van der Waals surface area contributed by atoms with E-state index >= 15 is 0 Å². The van der Waals surface area contributed by atoms with Gasteiger partial charge in [-0.15, -0.1) is 0 Å². The van der Waals surface area contributed by atoms with Crippen LogP contribution in [0.15, 0.2) is 16.7 Å². The minimum atomic E-state index is 0.177. The first-order valence-electron chi connectivity index (χ1n) is 5.56. The predicted molar refractivity (Wildman–Crippen MR) is 67.3 cm³/mol. The third-order valence-corrected chi connectivity index (χ3v) is 2.57. The average molecular weight is 265 g/mol. The highest BCUT2D eigenvalue weighted by atomic mass is 16.5. The van der Waals surface area contributed by atoms with Crippen LogP contribution in [0.4, 0.5) is 0 Å². The average Bonchev–Trinajstić information content (AvgIpc) is 2.94. The molecule has 7 heteroatoms. The maximum Gasteiger partial charge on any atom is 0.240 e. The lowest BCUT2D eigenvalue weighted by Crippen LogP contribution is -1.97. The van der Waals surface area contributed by atoms with Gasteiger partial charge in [0.2, 0.25) is 11.7 Å². The Bertz CT molecular complexity index is 568. The third-order valence-electron chi connectivity index (χ3n) is 2.57. The van der Waals surface area contributed by atoms with Gasteiger partial charge in [-0.2, -0.15) is 4.98 Å². The molecule has 0 fully saturated rings. The van der Waals surface area contributed by atoms with E-state index < -0.39 is 0 Å². The van der Waals surface area contributed by atoms with E-state index in [0.29, 0.717) is 34.5 Å². The second-order valence-corrected chi connectivity index (χ2v) is 3.63. The van der Waals surface area contributed by atoms with Gasteiger partial charge in [0.1, 0.15) is 5.75 Å². The lowest BCUT2D eigenvalue weighted by atomic mass is 10.1. The number of methoxy groups -OCH3 is 3. The van der Waals surface area contributed by atoms with Crippen LogP contribution < -0.4 is 19.9 Å². The SMILES string of the molecule is COc1cc(OC)c(OC)c(-c2noc(CN)n2)c1. The second kappa shape index (κ2) is 5.57. The van der Waals surface area contributed by atoms with Crippen molar-refractivity contribution in [1.82, 2.24) is 10.1 Å². The number of rotatable bonds is 5. The molecule has 1 aromatic heterocycles. The topological polar surface area (TPSA) is 92.6 Å². The maximum atomic E-state index is 5.45. The van der Waals surface area contributed by atoms with Crippen LogP contribution in [0.2, 0.25) is 0 Å². The molecule has 0 aliphatic rings. The molecule has 7 nitrogen and oxygen atoms in total. The molecular weight excluding hydrogens is 250 g/mol. The number of aromatic nitrogens is 2. The molecule has 0 amide bonds. The lowest BCUT2D eigenvalue weighted by Gasteiger charge is -2.12. The van der Waals surface area contributed by atoms with Gasteiger partial charge in [0.15, 0.2) is 11.5 Å². The first-order valence-corrected chi connectivity index (χ1v) is 5.56. The van der Waals surface area contributed by atoms with Gasteiger partial charge in [-0.05, 0) is 6.07 Å². The van der Waals surface area contributed by atoms with Gasteiger partial charge in [-0.1, -0.05) is 5.16 Å². The highest BCUT2D eigenvalue weighted by Crippen LogP contribution is 2.40. The van der Waals surface area contributed by atoms with Crippen molar-refractivity contribution < 1.29 is 18.7 Å². The molecule has 0 bridgehead atoms.